The van der Waals surface area contributed by atoms with E-state index in [1.54, 1.807) is 0 Å². The summed E-state index contributed by atoms with van der Waals surface area (Å²) in [4.78, 5) is 6.64. The van der Waals surface area contributed by atoms with Crippen LogP contribution in [0.1, 0.15) is 17.5 Å². The van der Waals surface area contributed by atoms with Crippen molar-refractivity contribution in [2.45, 2.75) is 13.0 Å². The Labute approximate surface area is 96.6 Å². The molecule has 1 aromatic heterocycles. The Balaban J connectivity index is 2.25. The first-order chi connectivity index (χ1) is 7.66. The Morgan fingerprint density at radius 1 is 1.44 bits per heavy atom. The Kier molecular flexibility index (Phi) is 3.41. The molecule has 0 saturated carbocycles. The summed E-state index contributed by atoms with van der Waals surface area (Å²) < 4.78 is 5.71. The molecule has 1 aromatic rings. The molecule has 0 spiro atoms. The van der Waals surface area contributed by atoms with Crippen LogP contribution in [0.4, 0.5) is 5.69 Å². The quantitative estimate of drug-likeness (QED) is 0.812. The van der Waals surface area contributed by atoms with E-state index in [0.717, 1.165) is 31.1 Å². The molecule has 0 radical (unpaired) electrons. The molecule has 1 aliphatic rings. The maximum Gasteiger partial charge on any atom is 0.112 e. The summed E-state index contributed by atoms with van der Waals surface area (Å²) in [5.41, 5.74) is 3.24. The van der Waals surface area contributed by atoms with Gasteiger partial charge in [0.15, 0.2) is 0 Å². The topological polar surface area (TPSA) is 37.4 Å². The van der Waals surface area contributed by atoms with Crippen molar-refractivity contribution < 1.29 is 4.74 Å². The molecule has 0 amide bonds. The standard InChI is InChI=1S/C12H19N3O/c1-9-6-10(15(2)3)7-11(14-9)12-8-13-4-5-16-12/h6-7,12-13H,4-5,8H2,1-3H3/t12-/m0/s1. The summed E-state index contributed by atoms with van der Waals surface area (Å²) in [6.45, 7) is 4.57. The van der Waals surface area contributed by atoms with Crippen LogP contribution in [-0.4, -0.2) is 38.8 Å². The van der Waals surface area contributed by atoms with Crippen LogP contribution < -0.4 is 10.2 Å². The highest BCUT2D eigenvalue weighted by molar-refractivity contribution is 5.47. The van der Waals surface area contributed by atoms with Crippen LogP contribution in [0.25, 0.3) is 0 Å². The van der Waals surface area contributed by atoms with E-state index in [1.807, 2.05) is 21.0 Å². The zero-order valence-electron chi connectivity index (χ0n) is 10.2. The molecule has 4 heteroatoms. The van der Waals surface area contributed by atoms with Gasteiger partial charge in [-0.1, -0.05) is 0 Å². The van der Waals surface area contributed by atoms with E-state index >= 15 is 0 Å². The number of nitrogens with zero attached hydrogens (tertiary/aromatic N) is 2. The molecule has 1 saturated heterocycles. The molecule has 16 heavy (non-hydrogen) atoms. The molecular formula is C12H19N3O. The van der Waals surface area contributed by atoms with Crippen LogP contribution in [0.3, 0.4) is 0 Å². The van der Waals surface area contributed by atoms with Crippen LogP contribution >= 0.6 is 0 Å². The number of aryl methyl sites for hydroxylation is 1. The average Bonchev–Trinajstić information content (AvgIpc) is 2.29. The van der Waals surface area contributed by atoms with E-state index in [9.17, 15) is 0 Å². The molecule has 1 atom stereocenters. The summed E-state index contributed by atoms with van der Waals surface area (Å²) in [5.74, 6) is 0. The predicted octanol–water partition coefficient (Wildman–Crippen LogP) is 1.12. The minimum atomic E-state index is 0.0901. The van der Waals surface area contributed by atoms with E-state index < -0.39 is 0 Å². The molecule has 0 unspecified atom stereocenters. The summed E-state index contributed by atoms with van der Waals surface area (Å²) in [7, 11) is 4.08. The van der Waals surface area contributed by atoms with E-state index in [-0.39, 0.29) is 6.10 Å². The molecule has 0 aliphatic carbocycles. The average molecular weight is 221 g/mol. The zero-order chi connectivity index (χ0) is 11.5. The van der Waals surface area contributed by atoms with Crippen molar-refractivity contribution in [1.82, 2.24) is 10.3 Å². The lowest BCUT2D eigenvalue weighted by Crippen LogP contribution is -2.33. The molecule has 2 heterocycles. The molecule has 2 rings (SSSR count). The summed E-state index contributed by atoms with van der Waals surface area (Å²) in [6, 6.07) is 4.18. The molecule has 1 aliphatic heterocycles. The number of nitrogens with one attached hydrogen (secondary N) is 1. The highest BCUT2D eigenvalue weighted by Gasteiger charge is 2.18. The van der Waals surface area contributed by atoms with Crippen molar-refractivity contribution in [2.24, 2.45) is 0 Å². The first-order valence-electron chi connectivity index (χ1n) is 5.65. The van der Waals surface area contributed by atoms with Crippen molar-refractivity contribution >= 4 is 5.69 Å². The number of hydrogen-bond acceptors (Lipinski definition) is 4. The largest absolute Gasteiger partial charge is 0.378 e. The van der Waals surface area contributed by atoms with E-state index in [1.165, 1.54) is 5.69 Å². The van der Waals surface area contributed by atoms with Crippen molar-refractivity contribution in [3.05, 3.63) is 23.5 Å². The second-order valence-corrected chi connectivity index (χ2v) is 4.35. The Bertz CT molecular complexity index is 359. The van der Waals surface area contributed by atoms with Crippen LogP contribution in [0.15, 0.2) is 12.1 Å². The molecule has 0 bridgehead atoms. The third kappa shape index (κ3) is 2.51. The minimum absolute atomic E-state index is 0.0901. The third-order valence-electron chi connectivity index (χ3n) is 2.73. The van der Waals surface area contributed by atoms with Gasteiger partial charge in [-0.3, -0.25) is 4.98 Å². The summed E-state index contributed by atoms with van der Waals surface area (Å²) >= 11 is 0. The highest BCUT2D eigenvalue weighted by Crippen LogP contribution is 2.22. The van der Waals surface area contributed by atoms with E-state index in [2.05, 4.69) is 27.3 Å². The lowest BCUT2D eigenvalue weighted by molar-refractivity contribution is 0.0250. The summed E-state index contributed by atoms with van der Waals surface area (Å²) in [6.07, 6.45) is 0.0901. The fourth-order valence-electron chi connectivity index (χ4n) is 1.85. The number of anilines is 1. The summed E-state index contributed by atoms with van der Waals surface area (Å²) in [5, 5.41) is 3.32. The van der Waals surface area contributed by atoms with Gasteiger partial charge >= 0.3 is 0 Å². The number of hydrogen-bond donors (Lipinski definition) is 1. The maximum atomic E-state index is 5.71. The van der Waals surface area contributed by atoms with Crippen molar-refractivity contribution in [3.8, 4) is 0 Å². The fraction of sp³-hybridized carbons (Fsp3) is 0.583. The first kappa shape index (κ1) is 11.4. The van der Waals surface area contributed by atoms with E-state index in [4.69, 9.17) is 4.74 Å². The number of pyridine rings is 1. The second kappa shape index (κ2) is 4.80. The van der Waals surface area contributed by atoms with Gasteiger partial charge in [-0.25, -0.2) is 0 Å². The predicted molar refractivity (Wildman–Crippen MR) is 64.9 cm³/mol. The van der Waals surface area contributed by atoms with Crippen molar-refractivity contribution in [3.63, 3.8) is 0 Å². The number of morpholine rings is 1. The lowest BCUT2D eigenvalue weighted by Gasteiger charge is -2.24. The van der Waals surface area contributed by atoms with Gasteiger partial charge in [-0.2, -0.15) is 0 Å². The van der Waals surface area contributed by atoms with Crippen molar-refractivity contribution in [2.75, 3.05) is 38.7 Å². The number of aromatic nitrogens is 1. The SMILES string of the molecule is Cc1cc(N(C)C)cc([C@@H]2CNCCO2)n1. The highest BCUT2D eigenvalue weighted by atomic mass is 16.5. The van der Waals surface area contributed by atoms with Gasteiger partial charge in [0, 0.05) is 38.6 Å². The Morgan fingerprint density at radius 3 is 2.88 bits per heavy atom. The van der Waals surface area contributed by atoms with E-state index in [0.29, 0.717) is 0 Å². The fourth-order valence-corrected chi connectivity index (χ4v) is 1.85. The van der Waals surface area contributed by atoms with Crippen LogP contribution in [0.2, 0.25) is 0 Å². The van der Waals surface area contributed by atoms with Gasteiger partial charge in [0.2, 0.25) is 0 Å². The third-order valence-corrected chi connectivity index (χ3v) is 2.73. The van der Waals surface area contributed by atoms with Crippen molar-refractivity contribution in [1.29, 1.82) is 0 Å². The number of rotatable bonds is 2. The second-order valence-electron chi connectivity index (χ2n) is 4.35. The molecule has 0 aromatic carbocycles. The van der Waals surface area contributed by atoms with Crippen LogP contribution in [0.5, 0.6) is 0 Å². The monoisotopic (exact) mass is 221 g/mol. The molecular weight excluding hydrogens is 202 g/mol. The maximum absolute atomic E-state index is 5.71. The number of ether oxygens (including phenoxy) is 1. The molecule has 1 fully saturated rings. The van der Waals surface area contributed by atoms with Crippen LogP contribution in [0, 0.1) is 6.92 Å². The van der Waals surface area contributed by atoms with Gasteiger partial charge in [0.1, 0.15) is 6.10 Å². The van der Waals surface area contributed by atoms with Gasteiger partial charge in [0.25, 0.3) is 0 Å². The Hall–Kier alpha value is -1.13. The molecule has 1 N–H and O–H groups in total. The van der Waals surface area contributed by atoms with Gasteiger partial charge in [-0.15, -0.1) is 0 Å². The zero-order valence-corrected chi connectivity index (χ0v) is 10.2. The first-order valence-corrected chi connectivity index (χ1v) is 5.65. The molecule has 88 valence electrons. The van der Waals surface area contributed by atoms with Crippen LogP contribution in [-0.2, 0) is 4.74 Å². The van der Waals surface area contributed by atoms with Gasteiger partial charge < -0.3 is 15.0 Å². The smallest absolute Gasteiger partial charge is 0.112 e. The normalized spacial score (nSPS) is 20.8. The lowest BCUT2D eigenvalue weighted by atomic mass is 10.1. The van der Waals surface area contributed by atoms with Gasteiger partial charge in [0.05, 0.1) is 12.3 Å². The molecule has 4 nitrogen and oxygen atoms in total. The van der Waals surface area contributed by atoms with Gasteiger partial charge in [-0.05, 0) is 19.1 Å². The minimum Gasteiger partial charge on any atom is -0.378 e. The Morgan fingerprint density at radius 2 is 2.25 bits per heavy atom.